The molecule has 21 heavy (non-hydrogen) atoms. The predicted molar refractivity (Wildman–Crippen MR) is 93.3 cm³/mol. The summed E-state index contributed by atoms with van der Waals surface area (Å²) in [5.74, 6) is 1.62. The zero-order chi connectivity index (χ0) is 14.7. The fourth-order valence-electron chi connectivity index (χ4n) is 4.75. The number of hydrogen-bond donors (Lipinski definition) is 1. The van der Waals surface area contributed by atoms with Gasteiger partial charge >= 0.3 is 0 Å². The molecule has 0 radical (unpaired) electrons. The Bertz CT molecular complexity index is 466. The lowest BCUT2D eigenvalue weighted by atomic mass is 9.62. The van der Waals surface area contributed by atoms with Crippen LogP contribution < -0.4 is 5.73 Å². The van der Waals surface area contributed by atoms with Gasteiger partial charge < -0.3 is 5.73 Å². The van der Waals surface area contributed by atoms with E-state index in [2.05, 4.69) is 40.2 Å². The molecule has 1 nitrogen and oxygen atoms in total. The van der Waals surface area contributed by atoms with E-state index in [0.717, 1.165) is 18.3 Å². The Balaban J connectivity index is 1.79. The van der Waals surface area contributed by atoms with E-state index in [1.807, 2.05) is 0 Å². The molecule has 116 valence electrons. The molecule has 1 aromatic rings. The van der Waals surface area contributed by atoms with Crippen molar-refractivity contribution in [3.63, 3.8) is 0 Å². The Morgan fingerprint density at radius 2 is 1.71 bits per heavy atom. The maximum absolute atomic E-state index is 7.01. The normalized spacial score (nSPS) is 31.2. The number of halogens is 1. The van der Waals surface area contributed by atoms with Gasteiger partial charge in [0.05, 0.1) is 0 Å². The first kappa shape index (κ1) is 15.6. The zero-order valence-corrected chi connectivity index (χ0v) is 14.6. The van der Waals surface area contributed by atoms with Gasteiger partial charge in [0.2, 0.25) is 0 Å². The molecule has 2 aliphatic rings. The maximum Gasteiger partial charge on any atom is 0.0226 e. The monoisotopic (exact) mass is 349 g/mol. The fraction of sp³-hybridized carbons (Fsp3) is 0.684. The SMILES string of the molecule is NC1(Cc2ccccc2Br)CCCCC1C1CCCCC1. The van der Waals surface area contributed by atoms with Gasteiger partial charge in [-0.1, -0.05) is 79.1 Å². The molecule has 2 atom stereocenters. The molecule has 2 saturated carbocycles. The molecule has 0 aliphatic heterocycles. The number of benzene rings is 1. The Morgan fingerprint density at radius 1 is 1.00 bits per heavy atom. The van der Waals surface area contributed by atoms with Crippen LogP contribution in [0.2, 0.25) is 0 Å². The minimum absolute atomic E-state index is 0.0180. The van der Waals surface area contributed by atoms with Gasteiger partial charge in [-0.2, -0.15) is 0 Å². The van der Waals surface area contributed by atoms with Crippen LogP contribution in [-0.4, -0.2) is 5.54 Å². The standard InChI is InChI=1S/C19H28BrN/c20-18-12-5-4-10-16(18)14-19(21)13-7-6-11-17(19)15-8-2-1-3-9-15/h4-5,10,12,15,17H,1-3,6-9,11,13-14,21H2. The van der Waals surface area contributed by atoms with Crippen LogP contribution in [0.3, 0.4) is 0 Å². The lowest BCUT2D eigenvalue weighted by Crippen LogP contribution is -2.53. The summed E-state index contributed by atoms with van der Waals surface area (Å²) in [6, 6.07) is 8.63. The Hall–Kier alpha value is -0.340. The smallest absolute Gasteiger partial charge is 0.0226 e. The van der Waals surface area contributed by atoms with E-state index in [1.54, 1.807) is 0 Å². The molecule has 0 aromatic heterocycles. The molecular weight excluding hydrogens is 322 g/mol. The van der Waals surface area contributed by atoms with Crippen molar-refractivity contribution < 1.29 is 0 Å². The molecular formula is C19H28BrN. The average molecular weight is 350 g/mol. The van der Waals surface area contributed by atoms with Crippen molar-refractivity contribution in [2.75, 3.05) is 0 Å². The number of hydrogen-bond acceptors (Lipinski definition) is 1. The minimum Gasteiger partial charge on any atom is -0.325 e. The van der Waals surface area contributed by atoms with E-state index in [0.29, 0.717) is 0 Å². The molecule has 2 unspecified atom stereocenters. The molecule has 3 rings (SSSR count). The average Bonchev–Trinajstić information content (AvgIpc) is 2.51. The third kappa shape index (κ3) is 3.53. The van der Waals surface area contributed by atoms with Gasteiger partial charge in [-0.15, -0.1) is 0 Å². The zero-order valence-electron chi connectivity index (χ0n) is 13.0. The van der Waals surface area contributed by atoms with Crippen molar-refractivity contribution >= 4 is 15.9 Å². The van der Waals surface area contributed by atoms with E-state index in [4.69, 9.17) is 5.73 Å². The summed E-state index contributed by atoms with van der Waals surface area (Å²) in [4.78, 5) is 0. The largest absolute Gasteiger partial charge is 0.325 e. The van der Waals surface area contributed by atoms with E-state index >= 15 is 0 Å². The van der Waals surface area contributed by atoms with Gasteiger partial charge in [-0.05, 0) is 42.7 Å². The third-order valence-corrected chi connectivity index (χ3v) is 6.62. The second-order valence-corrected chi connectivity index (χ2v) is 8.11. The number of nitrogens with two attached hydrogens (primary N) is 1. The first-order valence-corrected chi connectivity index (χ1v) is 9.51. The third-order valence-electron chi connectivity index (χ3n) is 5.84. The summed E-state index contributed by atoms with van der Waals surface area (Å²) in [5, 5.41) is 0. The van der Waals surface area contributed by atoms with E-state index in [-0.39, 0.29) is 5.54 Å². The molecule has 2 heteroatoms. The fourth-order valence-corrected chi connectivity index (χ4v) is 5.17. The molecule has 1 aromatic carbocycles. The lowest BCUT2D eigenvalue weighted by Gasteiger charge is -2.47. The van der Waals surface area contributed by atoms with Crippen LogP contribution in [0.25, 0.3) is 0 Å². The minimum atomic E-state index is 0.0180. The van der Waals surface area contributed by atoms with Crippen molar-refractivity contribution in [3.8, 4) is 0 Å². The van der Waals surface area contributed by atoms with Gasteiger partial charge in [0.25, 0.3) is 0 Å². The van der Waals surface area contributed by atoms with Crippen LogP contribution in [0.15, 0.2) is 28.7 Å². The second-order valence-electron chi connectivity index (χ2n) is 7.25. The van der Waals surface area contributed by atoms with Gasteiger partial charge in [0.15, 0.2) is 0 Å². The number of rotatable bonds is 3. The van der Waals surface area contributed by atoms with Crippen molar-refractivity contribution in [1.82, 2.24) is 0 Å². The van der Waals surface area contributed by atoms with Crippen LogP contribution in [0.4, 0.5) is 0 Å². The van der Waals surface area contributed by atoms with Gasteiger partial charge in [0.1, 0.15) is 0 Å². The molecule has 0 bridgehead atoms. The Kier molecular flexibility index (Phi) is 5.06. The molecule has 2 N–H and O–H groups in total. The van der Waals surface area contributed by atoms with Crippen LogP contribution in [0, 0.1) is 11.8 Å². The van der Waals surface area contributed by atoms with Crippen molar-refractivity contribution in [3.05, 3.63) is 34.3 Å². The summed E-state index contributed by atoms with van der Waals surface area (Å²) in [7, 11) is 0. The quantitative estimate of drug-likeness (QED) is 0.770. The van der Waals surface area contributed by atoms with E-state index < -0.39 is 0 Å². The van der Waals surface area contributed by atoms with Crippen molar-refractivity contribution in [1.29, 1.82) is 0 Å². The van der Waals surface area contributed by atoms with Gasteiger partial charge in [-0.3, -0.25) is 0 Å². The Labute approximate surface area is 137 Å². The molecule has 2 aliphatic carbocycles. The molecule has 0 amide bonds. The van der Waals surface area contributed by atoms with Crippen molar-refractivity contribution in [2.45, 2.75) is 69.7 Å². The summed E-state index contributed by atoms with van der Waals surface area (Å²) < 4.78 is 1.22. The summed E-state index contributed by atoms with van der Waals surface area (Å²) >= 11 is 3.71. The van der Waals surface area contributed by atoms with E-state index in [1.165, 1.54) is 67.8 Å². The molecule has 0 heterocycles. The molecule has 2 fully saturated rings. The van der Waals surface area contributed by atoms with Crippen LogP contribution >= 0.6 is 15.9 Å². The summed E-state index contributed by atoms with van der Waals surface area (Å²) in [6.07, 6.45) is 13.4. The molecule has 0 saturated heterocycles. The van der Waals surface area contributed by atoms with Crippen LogP contribution in [-0.2, 0) is 6.42 Å². The second kappa shape index (κ2) is 6.83. The highest BCUT2D eigenvalue weighted by molar-refractivity contribution is 9.10. The lowest BCUT2D eigenvalue weighted by molar-refractivity contribution is 0.0994. The first-order chi connectivity index (χ1) is 10.2. The van der Waals surface area contributed by atoms with Gasteiger partial charge in [0, 0.05) is 10.0 Å². The highest BCUT2D eigenvalue weighted by Crippen LogP contribution is 2.44. The van der Waals surface area contributed by atoms with E-state index in [9.17, 15) is 0 Å². The summed E-state index contributed by atoms with van der Waals surface area (Å²) in [6.45, 7) is 0. The topological polar surface area (TPSA) is 26.0 Å². The maximum atomic E-state index is 7.01. The summed E-state index contributed by atoms with van der Waals surface area (Å²) in [5.41, 5.74) is 8.42. The van der Waals surface area contributed by atoms with Crippen LogP contribution in [0.5, 0.6) is 0 Å². The van der Waals surface area contributed by atoms with Crippen molar-refractivity contribution in [2.24, 2.45) is 17.6 Å². The highest BCUT2D eigenvalue weighted by atomic mass is 79.9. The predicted octanol–water partition coefficient (Wildman–Crippen LogP) is 5.46. The highest BCUT2D eigenvalue weighted by Gasteiger charge is 2.41. The molecule has 0 spiro atoms. The first-order valence-electron chi connectivity index (χ1n) is 8.71. The van der Waals surface area contributed by atoms with Gasteiger partial charge in [-0.25, -0.2) is 0 Å². The Morgan fingerprint density at radius 3 is 2.48 bits per heavy atom. The van der Waals surface area contributed by atoms with Crippen LogP contribution in [0.1, 0.15) is 63.4 Å².